The van der Waals surface area contributed by atoms with E-state index in [2.05, 4.69) is 26.1 Å². The highest BCUT2D eigenvalue weighted by atomic mass is 32.1. The standard InChI is InChI=1S/C26H36N2O5S/c1-7-31-18-12-15(13-19(32-8-2)22(18)33-9-3)24(30)28-25-21(23(27)29)17-11-10-16(26(4,5)6)14-20(17)34-25/h12-13,16H,7-11,14H2,1-6H3,(H2,27,29)(H,28,30)/t16-/m0/s1. The van der Waals surface area contributed by atoms with Crippen molar-refractivity contribution < 1.29 is 23.8 Å². The Morgan fingerprint density at radius 2 is 1.65 bits per heavy atom. The van der Waals surface area contributed by atoms with Gasteiger partial charge in [-0.15, -0.1) is 11.3 Å². The zero-order valence-corrected chi connectivity index (χ0v) is 21.8. The Bertz CT molecular complexity index is 1030. The third-order valence-corrected chi connectivity index (χ3v) is 7.30. The van der Waals surface area contributed by atoms with E-state index in [-0.39, 0.29) is 11.3 Å². The molecule has 2 aromatic rings. The van der Waals surface area contributed by atoms with E-state index in [1.165, 1.54) is 11.3 Å². The van der Waals surface area contributed by atoms with Crippen LogP contribution in [0, 0.1) is 11.3 Å². The van der Waals surface area contributed by atoms with Gasteiger partial charge in [-0.3, -0.25) is 9.59 Å². The molecule has 1 atom stereocenters. The molecule has 7 nitrogen and oxygen atoms in total. The zero-order valence-electron chi connectivity index (χ0n) is 21.0. The number of nitrogens with two attached hydrogens (primary N) is 1. The third-order valence-electron chi connectivity index (χ3n) is 6.13. The Labute approximate surface area is 206 Å². The SMILES string of the molecule is CCOc1cc(C(=O)Nc2sc3c(c2C(N)=O)CC[C@H](C(C)(C)C)C3)cc(OCC)c1OCC. The van der Waals surface area contributed by atoms with E-state index >= 15 is 0 Å². The normalized spacial score (nSPS) is 15.4. The number of carbonyl (C=O) groups is 2. The summed E-state index contributed by atoms with van der Waals surface area (Å²) in [4.78, 5) is 26.8. The molecule has 2 amide bonds. The van der Waals surface area contributed by atoms with Gasteiger partial charge < -0.3 is 25.3 Å². The summed E-state index contributed by atoms with van der Waals surface area (Å²) in [5, 5.41) is 3.44. The van der Waals surface area contributed by atoms with Crippen molar-refractivity contribution in [1.29, 1.82) is 0 Å². The summed E-state index contributed by atoms with van der Waals surface area (Å²) >= 11 is 1.45. The lowest BCUT2D eigenvalue weighted by Crippen LogP contribution is -2.27. The summed E-state index contributed by atoms with van der Waals surface area (Å²) in [6.07, 6.45) is 2.66. The molecule has 0 fully saturated rings. The molecule has 0 saturated carbocycles. The number of benzene rings is 1. The van der Waals surface area contributed by atoms with Gasteiger partial charge in [-0.05, 0) is 69.1 Å². The maximum atomic E-state index is 13.3. The zero-order chi connectivity index (χ0) is 25.0. The van der Waals surface area contributed by atoms with Gasteiger partial charge in [0.1, 0.15) is 5.00 Å². The monoisotopic (exact) mass is 488 g/mol. The van der Waals surface area contributed by atoms with Crippen LogP contribution < -0.4 is 25.3 Å². The van der Waals surface area contributed by atoms with Gasteiger partial charge in [0, 0.05) is 10.4 Å². The first-order chi connectivity index (χ1) is 16.1. The number of rotatable bonds is 9. The third kappa shape index (κ3) is 5.49. The molecule has 0 unspecified atom stereocenters. The first-order valence-corrected chi connectivity index (χ1v) is 12.7. The van der Waals surface area contributed by atoms with Crippen molar-refractivity contribution in [2.75, 3.05) is 25.1 Å². The average Bonchev–Trinajstić information content (AvgIpc) is 3.12. The Hall–Kier alpha value is -2.74. The van der Waals surface area contributed by atoms with Gasteiger partial charge in [0.2, 0.25) is 5.75 Å². The van der Waals surface area contributed by atoms with Crippen LogP contribution in [-0.2, 0) is 12.8 Å². The molecule has 0 saturated heterocycles. The van der Waals surface area contributed by atoms with Crippen molar-refractivity contribution in [3.05, 3.63) is 33.7 Å². The highest BCUT2D eigenvalue weighted by molar-refractivity contribution is 7.17. The lowest BCUT2D eigenvalue weighted by Gasteiger charge is -2.33. The molecule has 8 heteroatoms. The first kappa shape index (κ1) is 25.9. The molecule has 186 valence electrons. The van der Waals surface area contributed by atoms with Crippen LogP contribution in [-0.4, -0.2) is 31.6 Å². The molecule has 3 N–H and O–H groups in total. The van der Waals surface area contributed by atoms with Crippen molar-refractivity contribution in [3.8, 4) is 17.2 Å². The highest BCUT2D eigenvalue weighted by Gasteiger charge is 2.33. The van der Waals surface area contributed by atoms with E-state index < -0.39 is 5.91 Å². The van der Waals surface area contributed by atoms with Crippen LogP contribution in [0.5, 0.6) is 17.2 Å². The second-order valence-corrected chi connectivity index (χ2v) is 10.5. The lowest BCUT2D eigenvalue weighted by atomic mass is 9.72. The van der Waals surface area contributed by atoms with Crippen LogP contribution in [0.15, 0.2) is 12.1 Å². The Kier molecular flexibility index (Phi) is 8.13. The van der Waals surface area contributed by atoms with E-state index in [0.29, 0.717) is 59.1 Å². The summed E-state index contributed by atoms with van der Waals surface area (Å²) in [5.41, 5.74) is 7.69. The molecule has 3 rings (SSSR count). The van der Waals surface area contributed by atoms with E-state index in [4.69, 9.17) is 19.9 Å². The number of thiophene rings is 1. The van der Waals surface area contributed by atoms with Gasteiger partial charge in [0.05, 0.1) is 25.4 Å². The number of primary amides is 1. The van der Waals surface area contributed by atoms with Gasteiger partial charge in [-0.2, -0.15) is 0 Å². The van der Waals surface area contributed by atoms with Crippen molar-refractivity contribution in [1.82, 2.24) is 0 Å². The molecule has 0 radical (unpaired) electrons. The van der Waals surface area contributed by atoms with Crippen molar-refractivity contribution >= 4 is 28.2 Å². The largest absolute Gasteiger partial charge is 0.490 e. The maximum absolute atomic E-state index is 13.3. The first-order valence-electron chi connectivity index (χ1n) is 11.9. The molecule has 0 spiro atoms. The Morgan fingerprint density at radius 3 is 2.15 bits per heavy atom. The van der Waals surface area contributed by atoms with Crippen LogP contribution in [0.4, 0.5) is 5.00 Å². The van der Waals surface area contributed by atoms with Crippen molar-refractivity contribution in [2.45, 2.75) is 60.8 Å². The number of nitrogens with one attached hydrogen (secondary N) is 1. The number of anilines is 1. The molecular weight excluding hydrogens is 452 g/mol. The summed E-state index contributed by atoms with van der Waals surface area (Å²) in [5.74, 6) is 0.984. The van der Waals surface area contributed by atoms with E-state index in [1.807, 2.05) is 20.8 Å². The molecule has 0 bridgehead atoms. The Morgan fingerprint density at radius 1 is 1.06 bits per heavy atom. The number of ether oxygens (including phenoxy) is 3. The van der Waals surface area contributed by atoms with Crippen molar-refractivity contribution in [2.24, 2.45) is 17.1 Å². The summed E-state index contributed by atoms with van der Waals surface area (Å²) in [7, 11) is 0. The minimum atomic E-state index is -0.515. The number of amides is 2. The molecule has 1 aromatic carbocycles. The minimum absolute atomic E-state index is 0.172. The molecule has 1 heterocycles. The van der Waals surface area contributed by atoms with Crippen molar-refractivity contribution in [3.63, 3.8) is 0 Å². The van der Waals surface area contributed by atoms with E-state index in [0.717, 1.165) is 29.7 Å². The van der Waals surface area contributed by atoms with Crippen LogP contribution in [0.1, 0.15) is 79.1 Å². The van der Waals surface area contributed by atoms with Gasteiger partial charge in [0.15, 0.2) is 11.5 Å². The van der Waals surface area contributed by atoms with Crippen LogP contribution in [0.25, 0.3) is 0 Å². The minimum Gasteiger partial charge on any atom is -0.490 e. The molecule has 1 aliphatic rings. The molecule has 1 aromatic heterocycles. The summed E-state index contributed by atoms with van der Waals surface area (Å²) in [6.45, 7) is 13.6. The maximum Gasteiger partial charge on any atom is 0.256 e. The quantitative estimate of drug-likeness (QED) is 0.489. The topological polar surface area (TPSA) is 99.9 Å². The van der Waals surface area contributed by atoms with E-state index in [9.17, 15) is 9.59 Å². The average molecular weight is 489 g/mol. The number of fused-ring (bicyclic) bond motifs is 1. The smallest absolute Gasteiger partial charge is 0.256 e. The second kappa shape index (κ2) is 10.7. The predicted molar refractivity (Wildman–Crippen MR) is 136 cm³/mol. The van der Waals surface area contributed by atoms with Gasteiger partial charge in [-0.1, -0.05) is 20.8 Å². The molecule has 34 heavy (non-hydrogen) atoms. The van der Waals surface area contributed by atoms with Crippen LogP contribution in [0.2, 0.25) is 0 Å². The molecule has 1 aliphatic carbocycles. The molecule has 0 aliphatic heterocycles. The van der Waals surface area contributed by atoms with Gasteiger partial charge in [-0.25, -0.2) is 0 Å². The van der Waals surface area contributed by atoms with Crippen LogP contribution >= 0.6 is 11.3 Å². The highest BCUT2D eigenvalue weighted by Crippen LogP contribution is 2.44. The fourth-order valence-corrected chi connectivity index (χ4v) is 5.70. The summed E-state index contributed by atoms with van der Waals surface area (Å²) in [6, 6.07) is 3.28. The van der Waals surface area contributed by atoms with Gasteiger partial charge in [0.25, 0.3) is 11.8 Å². The van der Waals surface area contributed by atoms with Gasteiger partial charge >= 0.3 is 0 Å². The second-order valence-electron chi connectivity index (χ2n) is 9.43. The lowest BCUT2D eigenvalue weighted by molar-refractivity contribution is 0.1000. The van der Waals surface area contributed by atoms with Crippen LogP contribution in [0.3, 0.4) is 0 Å². The number of hydrogen-bond donors (Lipinski definition) is 2. The van der Waals surface area contributed by atoms with E-state index in [1.54, 1.807) is 12.1 Å². The fraction of sp³-hybridized carbons (Fsp3) is 0.538. The molecular formula is C26H36N2O5S. The Balaban J connectivity index is 1.97. The summed E-state index contributed by atoms with van der Waals surface area (Å²) < 4.78 is 17.2. The fourth-order valence-electron chi connectivity index (χ4n) is 4.37. The number of carbonyl (C=O) groups excluding carboxylic acids is 2. The predicted octanol–water partition coefficient (Wildman–Crippen LogP) is 5.45. The number of hydrogen-bond acceptors (Lipinski definition) is 6.